The number of rotatable bonds is 8. The Bertz CT molecular complexity index is 753. The Hall–Kier alpha value is -2.37. The summed E-state index contributed by atoms with van der Waals surface area (Å²) in [5.41, 5.74) is 1.91. The number of carboxylic acids is 1. The number of benzene rings is 1. The first-order chi connectivity index (χ1) is 13.1. The second kappa shape index (κ2) is 9.02. The molecule has 2 heterocycles. The second-order valence-corrected chi connectivity index (χ2v) is 7.61. The van der Waals surface area contributed by atoms with Crippen LogP contribution in [0.2, 0.25) is 0 Å². The van der Waals surface area contributed by atoms with Crippen LogP contribution in [0, 0.1) is 11.8 Å². The van der Waals surface area contributed by atoms with Gasteiger partial charge in [0.15, 0.2) is 0 Å². The van der Waals surface area contributed by atoms with Crippen molar-refractivity contribution in [2.24, 2.45) is 11.8 Å². The molecule has 1 aliphatic heterocycles. The van der Waals surface area contributed by atoms with E-state index < -0.39 is 5.97 Å². The van der Waals surface area contributed by atoms with Crippen molar-refractivity contribution in [2.45, 2.75) is 51.9 Å². The molecule has 0 aliphatic carbocycles. The number of carbonyl (C=O) groups is 2. The van der Waals surface area contributed by atoms with Crippen LogP contribution in [0.25, 0.3) is 11.0 Å². The minimum Gasteiger partial charge on any atom is -0.481 e. The third-order valence-electron chi connectivity index (χ3n) is 5.57. The molecule has 0 radical (unpaired) electrons. The van der Waals surface area contributed by atoms with E-state index >= 15 is 0 Å². The predicted octanol–water partition coefficient (Wildman–Crippen LogP) is 3.63. The zero-order valence-electron chi connectivity index (χ0n) is 16.0. The monoisotopic (exact) mass is 371 g/mol. The number of aromatic amines is 1. The maximum absolute atomic E-state index is 12.5. The van der Waals surface area contributed by atoms with Crippen molar-refractivity contribution in [2.75, 3.05) is 13.1 Å². The average Bonchev–Trinajstić information content (AvgIpc) is 3.05. The Labute approximate surface area is 160 Å². The van der Waals surface area contributed by atoms with Crippen LogP contribution in [-0.2, 0) is 16.0 Å². The van der Waals surface area contributed by atoms with Crippen molar-refractivity contribution in [3.8, 4) is 0 Å². The molecule has 1 aromatic heterocycles. The van der Waals surface area contributed by atoms with Crippen LogP contribution in [0.5, 0.6) is 0 Å². The van der Waals surface area contributed by atoms with Gasteiger partial charge in [-0.15, -0.1) is 0 Å². The third kappa shape index (κ3) is 5.08. The molecule has 2 unspecified atom stereocenters. The van der Waals surface area contributed by atoms with Gasteiger partial charge in [0.05, 0.1) is 11.0 Å². The number of hydrogen-bond donors (Lipinski definition) is 2. The molecule has 146 valence electrons. The molecule has 3 rings (SSSR count). The van der Waals surface area contributed by atoms with Crippen LogP contribution in [0.1, 0.15) is 51.3 Å². The maximum Gasteiger partial charge on any atom is 0.303 e. The highest BCUT2D eigenvalue weighted by atomic mass is 16.4. The fourth-order valence-electron chi connectivity index (χ4n) is 4.07. The van der Waals surface area contributed by atoms with Crippen molar-refractivity contribution < 1.29 is 14.7 Å². The van der Waals surface area contributed by atoms with Gasteiger partial charge in [-0.3, -0.25) is 9.59 Å². The van der Waals surface area contributed by atoms with Crippen molar-refractivity contribution in [3.63, 3.8) is 0 Å². The van der Waals surface area contributed by atoms with E-state index in [1.165, 1.54) is 0 Å². The standard InChI is InChI=1S/C21H29N3O3/c1-2-3-4-9-20(25)24-11-10-15(13-21(26)27)16(14-24)12-19-22-17-7-5-6-8-18(17)23-19/h5-8,15-16H,2-4,9-14H2,1H3,(H,22,23)(H,26,27). The Kier molecular flexibility index (Phi) is 6.48. The summed E-state index contributed by atoms with van der Waals surface area (Å²) in [5.74, 6) is 0.502. The highest BCUT2D eigenvalue weighted by Gasteiger charge is 2.33. The van der Waals surface area contributed by atoms with Gasteiger partial charge < -0.3 is 15.0 Å². The van der Waals surface area contributed by atoms with Crippen LogP contribution in [0.15, 0.2) is 24.3 Å². The minimum absolute atomic E-state index is 0.0791. The number of likely N-dealkylation sites (tertiary alicyclic amines) is 1. The van der Waals surface area contributed by atoms with Crippen LogP contribution < -0.4 is 0 Å². The number of hydrogen-bond acceptors (Lipinski definition) is 3. The van der Waals surface area contributed by atoms with E-state index in [9.17, 15) is 14.7 Å². The highest BCUT2D eigenvalue weighted by Crippen LogP contribution is 2.30. The van der Waals surface area contributed by atoms with Gasteiger partial charge in [-0.25, -0.2) is 4.98 Å². The lowest BCUT2D eigenvalue weighted by atomic mass is 9.81. The third-order valence-corrected chi connectivity index (χ3v) is 5.57. The van der Waals surface area contributed by atoms with Crippen LogP contribution in [0.4, 0.5) is 0 Å². The number of carboxylic acid groups (broad SMARTS) is 1. The number of unbranched alkanes of at least 4 members (excludes halogenated alkanes) is 2. The summed E-state index contributed by atoms with van der Waals surface area (Å²) < 4.78 is 0. The van der Waals surface area contributed by atoms with Gasteiger partial charge in [0, 0.05) is 32.4 Å². The number of aromatic nitrogens is 2. The van der Waals surface area contributed by atoms with E-state index in [4.69, 9.17) is 0 Å². The number of imidazole rings is 1. The maximum atomic E-state index is 12.5. The minimum atomic E-state index is -0.766. The molecule has 1 aromatic carbocycles. The Balaban J connectivity index is 1.70. The van der Waals surface area contributed by atoms with Gasteiger partial charge >= 0.3 is 5.97 Å². The van der Waals surface area contributed by atoms with Crippen molar-refractivity contribution >= 4 is 22.9 Å². The number of piperidine rings is 1. The van der Waals surface area contributed by atoms with Crippen molar-refractivity contribution in [3.05, 3.63) is 30.1 Å². The summed E-state index contributed by atoms with van der Waals surface area (Å²) in [6.07, 6.45) is 5.27. The molecular weight excluding hydrogens is 342 g/mol. The van der Waals surface area contributed by atoms with Crippen LogP contribution in [-0.4, -0.2) is 44.9 Å². The number of H-pyrrole nitrogens is 1. The molecule has 2 aromatic rings. The summed E-state index contributed by atoms with van der Waals surface area (Å²) in [5, 5.41) is 9.28. The number of para-hydroxylation sites is 2. The first-order valence-electron chi connectivity index (χ1n) is 10.00. The Morgan fingerprint density at radius 3 is 2.81 bits per heavy atom. The van der Waals surface area contributed by atoms with Gasteiger partial charge in [0.2, 0.25) is 5.91 Å². The molecule has 0 bridgehead atoms. The average molecular weight is 371 g/mol. The number of amides is 1. The van der Waals surface area contributed by atoms with Gasteiger partial charge in [-0.2, -0.15) is 0 Å². The Morgan fingerprint density at radius 2 is 2.07 bits per heavy atom. The summed E-state index contributed by atoms with van der Waals surface area (Å²) >= 11 is 0. The summed E-state index contributed by atoms with van der Waals surface area (Å²) in [6.45, 7) is 3.42. The molecule has 0 spiro atoms. The van der Waals surface area contributed by atoms with Crippen LogP contribution in [0.3, 0.4) is 0 Å². The number of fused-ring (bicyclic) bond motifs is 1. The molecule has 6 nitrogen and oxygen atoms in total. The highest BCUT2D eigenvalue weighted by molar-refractivity contribution is 5.76. The lowest BCUT2D eigenvalue weighted by Gasteiger charge is -2.38. The van der Waals surface area contributed by atoms with Gasteiger partial charge in [-0.05, 0) is 36.8 Å². The quantitative estimate of drug-likeness (QED) is 0.694. The number of nitrogens with zero attached hydrogens (tertiary/aromatic N) is 2. The van der Waals surface area contributed by atoms with E-state index in [0.717, 1.165) is 42.5 Å². The number of carbonyl (C=O) groups excluding carboxylic acids is 1. The fraction of sp³-hybridized carbons (Fsp3) is 0.571. The first kappa shape index (κ1) is 19.4. The summed E-state index contributed by atoms with van der Waals surface area (Å²) in [4.78, 5) is 33.7. The fourth-order valence-corrected chi connectivity index (χ4v) is 4.07. The van der Waals surface area contributed by atoms with E-state index in [-0.39, 0.29) is 24.2 Å². The largest absolute Gasteiger partial charge is 0.481 e. The number of nitrogens with one attached hydrogen (secondary N) is 1. The first-order valence-corrected chi connectivity index (χ1v) is 10.00. The van der Waals surface area contributed by atoms with E-state index in [0.29, 0.717) is 25.9 Å². The normalized spacial score (nSPS) is 20.1. The molecule has 1 amide bonds. The van der Waals surface area contributed by atoms with Gasteiger partial charge in [-0.1, -0.05) is 31.9 Å². The molecule has 1 aliphatic rings. The molecule has 27 heavy (non-hydrogen) atoms. The Morgan fingerprint density at radius 1 is 1.26 bits per heavy atom. The molecule has 1 fully saturated rings. The summed E-state index contributed by atoms with van der Waals surface area (Å²) in [7, 11) is 0. The van der Waals surface area contributed by atoms with Crippen molar-refractivity contribution in [1.82, 2.24) is 14.9 Å². The molecule has 0 saturated carbocycles. The second-order valence-electron chi connectivity index (χ2n) is 7.61. The molecule has 1 saturated heterocycles. The lowest BCUT2D eigenvalue weighted by Crippen LogP contribution is -2.45. The van der Waals surface area contributed by atoms with Gasteiger partial charge in [0.1, 0.15) is 5.82 Å². The van der Waals surface area contributed by atoms with Crippen LogP contribution >= 0.6 is 0 Å². The van der Waals surface area contributed by atoms with E-state index in [1.807, 2.05) is 29.2 Å². The zero-order chi connectivity index (χ0) is 19.2. The molecular formula is C21H29N3O3. The topological polar surface area (TPSA) is 86.3 Å². The molecule has 6 heteroatoms. The van der Waals surface area contributed by atoms with Crippen molar-refractivity contribution in [1.29, 1.82) is 0 Å². The smallest absolute Gasteiger partial charge is 0.303 e. The molecule has 2 N–H and O–H groups in total. The molecule has 2 atom stereocenters. The predicted molar refractivity (Wildman–Crippen MR) is 104 cm³/mol. The SMILES string of the molecule is CCCCCC(=O)N1CCC(CC(=O)O)C(Cc2nc3ccccc3[nH]2)C1. The number of aliphatic carboxylic acids is 1. The summed E-state index contributed by atoms with van der Waals surface area (Å²) in [6, 6.07) is 7.88. The van der Waals surface area contributed by atoms with E-state index in [2.05, 4.69) is 16.9 Å². The van der Waals surface area contributed by atoms with E-state index in [1.54, 1.807) is 0 Å². The lowest BCUT2D eigenvalue weighted by molar-refractivity contribution is -0.140. The zero-order valence-corrected chi connectivity index (χ0v) is 16.0. The van der Waals surface area contributed by atoms with Gasteiger partial charge in [0.25, 0.3) is 0 Å².